The van der Waals surface area contributed by atoms with Crippen LogP contribution >= 0.6 is 0 Å². The van der Waals surface area contributed by atoms with Crippen molar-refractivity contribution in [3.05, 3.63) is 24.3 Å². The van der Waals surface area contributed by atoms with Crippen LogP contribution in [0.2, 0.25) is 0 Å². The van der Waals surface area contributed by atoms with E-state index in [1.165, 1.54) is 128 Å². The summed E-state index contributed by atoms with van der Waals surface area (Å²) in [6.45, 7) is 6.18. The molecule has 33 heavy (non-hydrogen) atoms. The van der Waals surface area contributed by atoms with Gasteiger partial charge < -0.3 is 4.74 Å². The third kappa shape index (κ3) is 14.4. The van der Waals surface area contributed by atoms with E-state index in [2.05, 4.69) is 38.2 Å². The Bertz CT molecular complexity index is 433. The van der Waals surface area contributed by atoms with E-state index in [4.69, 9.17) is 4.74 Å². The van der Waals surface area contributed by atoms with Crippen LogP contribution in [0.25, 0.3) is 0 Å². The molecule has 0 unspecified atom stereocenters. The Hall–Kier alpha value is -0.560. The Kier molecular flexibility index (Phi) is 17.1. The summed E-state index contributed by atoms with van der Waals surface area (Å²) in [5, 5.41) is 0. The topological polar surface area (TPSA) is 9.23 Å². The van der Waals surface area contributed by atoms with Crippen molar-refractivity contribution < 1.29 is 4.74 Å². The number of rotatable bonds is 18. The first-order valence-electron chi connectivity index (χ1n) is 15.2. The van der Waals surface area contributed by atoms with Gasteiger partial charge in [0.2, 0.25) is 0 Å². The van der Waals surface area contributed by atoms with Crippen molar-refractivity contribution >= 4 is 0 Å². The summed E-state index contributed by atoms with van der Waals surface area (Å²) >= 11 is 0. The van der Waals surface area contributed by atoms with E-state index in [-0.39, 0.29) is 0 Å². The Balaban J connectivity index is 1.41. The molecule has 2 fully saturated rings. The predicted octanol–water partition coefficient (Wildman–Crippen LogP) is 10.4. The maximum atomic E-state index is 5.85. The average Bonchev–Trinajstić information content (AvgIpc) is 2.85. The van der Waals surface area contributed by atoms with Gasteiger partial charge in [-0.1, -0.05) is 115 Å². The number of unbranched alkanes of at least 4 members (excludes halogenated alkanes) is 8. The van der Waals surface area contributed by atoms with Crippen LogP contribution in [0.15, 0.2) is 24.3 Å². The lowest BCUT2D eigenvalue weighted by Crippen LogP contribution is -2.13. The van der Waals surface area contributed by atoms with Gasteiger partial charge in [-0.2, -0.15) is 0 Å². The van der Waals surface area contributed by atoms with Crippen LogP contribution < -0.4 is 0 Å². The molecule has 2 rings (SSSR count). The summed E-state index contributed by atoms with van der Waals surface area (Å²) in [7, 11) is 0. The Morgan fingerprint density at radius 3 is 1.30 bits per heavy atom. The van der Waals surface area contributed by atoms with Gasteiger partial charge in [0.15, 0.2) is 0 Å². The van der Waals surface area contributed by atoms with Crippen LogP contribution in [-0.4, -0.2) is 13.2 Å². The highest BCUT2D eigenvalue weighted by molar-refractivity contribution is 4.93. The molecule has 0 aromatic heterocycles. The molecule has 0 bridgehead atoms. The van der Waals surface area contributed by atoms with Crippen molar-refractivity contribution in [2.24, 2.45) is 23.7 Å². The second-order valence-electron chi connectivity index (χ2n) is 11.4. The lowest BCUT2D eigenvalue weighted by molar-refractivity contribution is 0.192. The van der Waals surface area contributed by atoms with Gasteiger partial charge in [0.25, 0.3) is 0 Å². The van der Waals surface area contributed by atoms with Crippen LogP contribution in [0.5, 0.6) is 0 Å². The first-order valence-corrected chi connectivity index (χ1v) is 15.2. The van der Waals surface area contributed by atoms with E-state index < -0.39 is 0 Å². The number of hydrogen-bond acceptors (Lipinski definition) is 1. The van der Waals surface area contributed by atoms with Crippen molar-refractivity contribution in [1.29, 1.82) is 0 Å². The molecular weight excluding hydrogens is 400 g/mol. The second kappa shape index (κ2) is 19.7. The Morgan fingerprint density at radius 1 is 0.515 bits per heavy atom. The van der Waals surface area contributed by atoms with Crippen molar-refractivity contribution in [3.8, 4) is 0 Å². The molecule has 0 aliphatic heterocycles. The maximum absolute atomic E-state index is 5.85. The fourth-order valence-corrected chi connectivity index (χ4v) is 6.11. The quantitative estimate of drug-likeness (QED) is 0.146. The summed E-state index contributed by atoms with van der Waals surface area (Å²) in [4.78, 5) is 0. The highest BCUT2D eigenvalue weighted by Gasteiger charge is 2.19. The van der Waals surface area contributed by atoms with Crippen LogP contribution in [-0.2, 0) is 4.74 Å². The zero-order valence-corrected chi connectivity index (χ0v) is 22.6. The van der Waals surface area contributed by atoms with Crippen molar-refractivity contribution in [2.45, 2.75) is 142 Å². The van der Waals surface area contributed by atoms with Gasteiger partial charge in [-0.15, -0.1) is 0 Å². The molecule has 0 radical (unpaired) electrons. The standard InChI is InChI=1S/C32H58O/c1-3-5-7-9-11-15-29-19-23-31(24-20-29)17-13-27-33-28-14-18-32-25-21-30(22-26-32)16-12-10-8-6-4-2/h13-14,17-18,29-32H,3-12,15-16,19-28H2,1-2H3. The Morgan fingerprint density at radius 2 is 0.909 bits per heavy atom. The highest BCUT2D eigenvalue weighted by atomic mass is 16.5. The molecule has 192 valence electrons. The van der Waals surface area contributed by atoms with E-state index in [1.54, 1.807) is 0 Å². The Labute approximate surface area is 208 Å². The molecule has 0 saturated heterocycles. The van der Waals surface area contributed by atoms with Gasteiger partial charge in [0, 0.05) is 0 Å². The molecular formula is C32H58O. The first kappa shape index (κ1) is 28.7. The smallest absolute Gasteiger partial charge is 0.0651 e. The molecule has 0 amide bonds. The van der Waals surface area contributed by atoms with Crippen LogP contribution in [0.3, 0.4) is 0 Å². The molecule has 0 N–H and O–H groups in total. The van der Waals surface area contributed by atoms with E-state index in [1.807, 2.05) is 0 Å². The first-order chi connectivity index (χ1) is 16.3. The molecule has 0 aromatic carbocycles. The third-order valence-electron chi connectivity index (χ3n) is 8.46. The fraction of sp³-hybridized carbons (Fsp3) is 0.875. The van der Waals surface area contributed by atoms with Gasteiger partial charge in [-0.3, -0.25) is 0 Å². The molecule has 1 heteroatoms. The molecule has 0 aromatic rings. The highest BCUT2D eigenvalue weighted by Crippen LogP contribution is 2.33. The number of ether oxygens (including phenoxy) is 1. The molecule has 0 atom stereocenters. The van der Waals surface area contributed by atoms with Crippen LogP contribution in [0.1, 0.15) is 142 Å². The summed E-state index contributed by atoms with van der Waals surface area (Å²) in [5.74, 6) is 3.64. The van der Waals surface area contributed by atoms with Gasteiger partial charge in [0.05, 0.1) is 13.2 Å². The third-order valence-corrected chi connectivity index (χ3v) is 8.46. The lowest BCUT2D eigenvalue weighted by atomic mass is 9.79. The van der Waals surface area contributed by atoms with E-state index in [9.17, 15) is 0 Å². The fourth-order valence-electron chi connectivity index (χ4n) is 6.11. The molecule has 2 aliphatic rings. The maximum Gasteiger partial charge on any atom is 0.0651 e. The van der Waals surface area contributed by atoms with Crippen molar-refractivity contribution in [1.82, 2.24) is 0 Å². The second-order valence-corrected chi connectivity index (χ2v) is 11.4. The molecule has 2 saturated carbocycles. The molecule has 2 aliphatic carbocycles. The monoisotopic (exact) mass is 458 g/mol. The number of allylic oxidation sites excluding steroid dienone is 2. The average molecular weight is 459 g/mol. The van der Waals surface area contributed by atoms with Gasteiger partial charge in [-0.05, 0) is 75.0 Å². The molecule has 0 heterocycles. The van der Waals surface area contributed by atoms with Gasteiger partial charge in [-0.25, -0.2) is 0 Å². The zero-order valence-electron chi connectivity index (χ0n) is 22.6. The summed E-state index contributed by atoms with van der Waals surface area (Å²) in [6, 6.07) is 0. The van der Waals surface area contributed by atoms with Crippen molar-refractivity contribution in [2.75, 3.05) is 13.2 Å². The normalized spacial score (nSPS) is 26.5. The molecule has 0 spiro atoms. The zero-order chi connectivity index (χ0) is 23.4. The minimum Gasteiger partial charge on any atom is -0.373 e. The van der Waals surface area contributed by atoms with Gasteiger partial charge in [0.1, 0.15) is 0 Å². The van der Waals surface area contributed by atoms with E-state index in [0.29, 0.717) is 0 Å². The minimum atomic E-state index is 0.784. The molecule has 1 nitrogen and oxygen atoms in total. The van der Waals surface area contributed by atoms with Gasteiger partial charge >= 0.3 is 0 Å². The van der Waals surface area contributed by atoms with E-state index in [0.717, 1.165) is 36.9 Å². The number of hydrogen-bond donors (Lipinski definition) is 0. The largest absolute Gasteiger partial charge is 0.373 e. The SMILES string of the molecule is CCCCCCCC1CCC(C=CCOCC=CC2CCC(CCCCCCC)CC2)CC1. The van der Waals surface area contributed by atoms with Crippen molar-refractivity contribution in [3.63, 3.8) is 0 Å². The van der Waals surface area contributed by atoms with Crippen LogP contribution in [0, 0.1) is 23.7 Å². The predicted molar refractivity (Wildman–Crippen MR) is 147 cm³/mol. The lowest BCUT2D eigenvalue weighted by Gasteiger charge is -2.26. The summed E-state index contributed by atoms with van der Waals surface area (Å²) < 4.78 is 5.85. The summed E-state index contributed by atoms with van der Waals surface area (Å²) in [6.07, 6.45) is 38.2. The summed E-state index contributed by atoms with van der Waals surface area (Å²) in [5.41, 5.74) is 0. The van der Waals surface area contributed by atoms with E-state index >= 15 is 0 Å². The van der Waals surface area contributed by atoms with Crippen LogP contribution in [0.4, 0.5) is 0 Å². The minimum absolute atomic E-state index is 0.784.